The summed E-state index contributed by atoms with van der Waals surface area (Å²) < 4.78 is 6.18. The number of aryl methyl sites for hydroxylation is 2. The molecule has 0 saturated heterocycles. The minimum Gasteiger partial charge on any atom is -0.455 e. The van der Waals surface area contributed by atoms with Crippen LogP contribution in [0.25, 0.3) is 55.6 Å². The second-order valence-corrected chi connectivity index (χ2v) is 9.38. The van der Waals surface area contributed by atoms with E-state index in [1.165, 1.54) is 0 Å². The molecule has 0 amide bonds. The van der Waals surface area contributed by atoms with Gasteiger partial charge in [0.25, 0.3) is 0 Å². The molecule has 0 aliphatic heterocycles. The molecule has 0 saturated carbocycles. The first-order chi connectivity index (χ1) is 19.2. The normalized spacial score (nSPS) is 10.6. The third-order valence-corrected chi connectivity index (χ3v) is 6.65. The molecule has 0 atom stereocenters. The van der Waals surface area contributed by atoms with Crippen LogP contribution in [-0.4, -0.2) is 9.97 Å². The van der Waals surface area contributed by atoms with Crippen LogP contribution < -0.4 is 0 Å². The Morgan fingerprint density at radius 1 is 0.675 bits per heavy atom. The molecule has 7 aromatic rings. The van der Waals surface area contributed by atoms with Crippen LogP contribution in [0.4, 0.5) is 0 Å². The Morgan fingerprint density at radius 3 is 2.30 bits per heavy atom. The summed E-state index contributed by atoms with van der Waals surface area (Å²) in [6.07, 6.45) is 1.82. The van der Waals surface area contributed by atoms with Gasteiger partial charge < -0.3 is 14.4 Å². The molecule has 3 aromatic heterocycles. The van der Waals surface area contributed by atoms with Gasteiger partial charge in [-0.3, -0.25) is 0 Å². The molecule has 7 rings (SSSR count). The predicted molar refractivity (Wildman–Crippen MR) is 159 cm³/mol. The molecular weight excluding hydrogens is 669 g/mol. The van der Waals surface area contributed by atoms with Gasteiger partial charge in [-0.25, -0.2) is 0 Å². The molecule has 3 nitrogen and oxygen atoms in total. The van der Waals surface area contributed by atoms with Crippen molar-refractivity contribution in [1.29, 1.82) is 0 Å². The summed E-state index contributed by atoms with van der Waals surface area (Å²) in [5.41, 5.74) is 10.2. The van der Waals surface area contributed by atoms with Crippen molar-refractivity contribution in [1.82, 2.24) is 9.97 Å². The number of fused-ring (bicyclic) bond motifs is 3. The van der Waals surface area contributed by atoms with Gasteiger partial charge in [0, 0.05) is 48.3 Å². The van der Waals surface area contributed by atoms with Crippen molar-refractivity contribution in [2.45, 2.75) is 13.8 Å². The topological polar surface area (TPSA) is 38.9 Å². The van der Waals surface area contributed by atoms with Gasteiger partial charge in [0.15, 0.2) is 0 Å². The molecule has 0 bridgehead atoms. The first-order valence-electron chi connectivity index (χ1n) is 12.9. The largest absolute Gasteiger partial charge is 0.455 e. The zero-order valence-corrected chi connectivity index (χ0v) is 24.6. The fourth-order valence-electron chi connectivity index (χ4n) is 4.76. The predicted octanol–water partition coefficient (Wildman–Crippen LogP) is 9.28. The van der Waals surface area contributed by atoms with Crippen molar-refractivity contribution < 1.29 is 24.5 Å². The van der Waals surface area contributed by atoms with Crippen molar-refractivity contribution >= 4 is 21.9 Å². The van der Waals surface area contributed by atoms with E-state index in [1.54, 1.807) is 0 Å². The number of aromatic nitrogens is 2. The van der Waals surface area contributed by atoms with E-state index in [1.807, 2.05) is 85.9 Å². The van der Waals surface area contributed by atoms with Gasteiger partial charge in [-0.1, -0.05) is 65.7 Å². The third-order valence-electron chi connectivity index (χ3n) is 6.65. The first kappa shape index (κ1) is 27.2. The maximum atomic E-state index is 6.18. The third kappa shape index (κ3) is 5.65. The average molecular weight is 695 g/mol. The molecule has 40 heavy (non-hydrogen) atoms. The molecule has 0 fully saturated rings. The molecule has 0 aliphatic rings. The van der Waals surface area contributed by atoms with Crippen molar-refractivity contribution in [3.63, 3.8) is 0 Å². The van der Waals surface area contributed by atoms with Crippen molar-refractivity contribution in [3.8, 4) is 33.6 Å². The van der Waals surface area contributed by atoms with Gasteiger partial charge in [0.1, 0.15) is 11.2 Å². The van der Waals surface area contributed by atoms with Crippen LogP contribution in [0.1, 0.15) is 11.3 Å². The standard InChI is InChI=1S/C24H16NO.C12H10N.Ir/c1-16-7-6-14-25-23(16)18-9-4-8-17(15-18)19-11-5-12-21-20-10-2-3-13-22(20)26-24(19)21;1-10-6-5-9-12(13-10)11-7-3-2-4-8-11;/h2-8,10-15H,1H3;2-7,9H,1H3;/q2*-1;. The van der Waals surface area contributed by atoms with Gasteiger partial charge >= 0.3 is 0 Å². The summed E-state index contributed by atoms with van der Waals surface area (Å²) >= 11 is 0. The average Bonchev–Trinajstić information content (AvgIpc) is 3.37. The Bertz CT molecular complexity index is 1890. The van der Waals surface area contributed by atoms with E-state index in [9.17, 15) is 0 Å². The second-order valence-electron chi connectivity index (χ2n) is 9.38. The number of benzene rings is 4. The van der Waals surface area contributed by atoms with E-state index in [4.69, 9.17) is 4.42 Å². The first-order valence-corrected chi connectivity index (χ1v) is 12.9. The number of hydrogen-bond donors (Lipinski definition) is 0. The summed E-state index contributed by atoms with van der Waals surface area (Å²) in [6.45, 7) is 4.06. The number of para-hydroxylation sites is 2. The Morgan fingerprint density at radius 2 is 1.48 bits per heavy atom. The van der Waals surface area contributed by atoms with E-state index >= 15 is 0 Å². The van der Waals surface area contributed by atoms with Gasteiger partial charge in [-0.05, 0) is 43.4 Å². The molecule has 0 unspecified atom stereocenters. The molecule has 4 heteroatoms. The maximum Gasteiger partial charge on any atom is 0.141 e. The number of furan rings is 1. The smallest absolute Gasteiger partial charge is 0.141 e. The number of pyridine rings is 2. The summed E-state index contributed by atoms with van der Waals surface area (Å²) in [4.78, 5) is 8.94. The number of rotatable bonds is 3. The van der Waals surface area contributed by atoms with Crippen molar-refractivity contribution in [2.75, 3.05) is 0 Å². The summed E-state index contributed by atoms with van der Waals surface area (Å²) in [5.74, 6) is 0. The van der Waals surface area contributed by atoms with E-state index in [2.05, 4.69) is 71.5 Å². The Balaban J connectivity index is 0.000000195. The van der Waals surface area contributed by atoms with Crippen LogP contribution in [0.2, 0.25) is 0 Å². The molecule has 4 aromatic carbocycles. The van der Waals surface area contributed by atoms with Crippen LogP contribution in [0, 0.1) is 26.0 Å². The molecule has 0 spiro atoms. The minimum atomic E-state index is 0. The Kier molecular flexibility index (Phi) is 8.31. The van der Waals surface area contributed by atoms with Gasteiger partial charge in [-0.15, -0.1) is 65.7 Å². The molecule has 3 heterocycles. The van der Waals surface area contributed by atoms with E-state index < -0.39 is 0 Å². The molecule has 197 valence electrons. The fraction of sp³-hybridized carbons (Fsp3) is 0.0556. The maximum absolute atomic E-state index is 6.18. The molecule has 1 radical (unpaired) electrons. The van der Waals surface area contributed by atoms with E-state index in [-0.39, 0.29) is 20.1 Å². The Labute approximate surface area is 247 Å². The van der Waals surface area contributed by atoms with Crippen LogP contribution in [-0.2, 0) is 20.1 Å². The molecule has 0 aliphatic carbocycles. The zero-order chi connectivity index (χ0) is 26.6. The zero-order valence-electron chi connectivity index (χ0n) is 22.2. The molecular formula is C36H26IrN2O-2. The number of hydrogen-bond acceptors (Lipinski definition) is 3. The minimum absolute atomic E-state index is 0. The van der Waals surface area contributed by atoms with Crippen molar-refractivity contribution in [2.24, 2.45) is 0 Å². The van der Waals surface area contributed by atoms with Crippen LogP contribution >= 0.6 is 0 Å². The quantitative estimate of drug-likeness (QED) is 0.173. The summed E-state index contributed by atoms with van der Waals surface area (Å²) in [7, 11) is 0. The second kappa shape index (κ2) is 12.2. The monoisotopic (exact) mass is 695 g/mol. The van der Waals surface area contributed by atoms with Crippen LogP contribution in [0.5, 0.6) is 0 Å². The van der Waals surface area contributed by atoms with Crippen LogP contribution in [0.3, 0.4) is 0 Å². The summed E-state index contributed by atoms with van der Waals surface area (Å²) in [6, 6.07) is 45.0. The van der Waals surface area contributed by atoms with Crippen molar-refractivity contribution in [3.05, 3.63) is 145 Å². The van der Waals surface area contributed by atoms with Gasteiger partial charge in [-0.2, -0.15) is 0 Å². The van der Waals surface area contributed by atoms with E-state index in [0.29, 0.717) is 0 Å². The van der Waals surface area contributed by atoms with E-state index in [0.717, 1.165) is 66.8 Å². The van der Waals surface area contributed by atoms with Crippen LogP contribution in [0.15, 0.2) is 126 Å². The fourth-order valence-corrected chi connectivity index (χ4v) is 4.76. The Hall–Kier alpha value is -4.37. The molecule has 0 N–H and O–H groups in total. The van der Waals surface area contributed by atoms with Gasteiger partial charge in [0.05, 0.1) is 0 Å². The number of nitrogens with zero attached hydrogens (tertiary/aromatic N) is 2. The SMILES string of the molecule is Cc1cccc(-c2[c-]cccc2)n1.Cc1cccnc1-c1[c-]ccc(-c2cccc3c2oc2ccccc23)c1.[Ir]. The van der Waals surface area contributed by atoms with Gasteiger partial charge in [0.2, 0.25) is 0 Å². The summed E-state index contributed by atoms with van der Waals surface area (Å²) in [5, 5.41) is 2.29.